The lowest BCUT2D eigenvalue weighted by molar-refractivity contribution is -0.140. The number of Topliss-reactive ketones (excluding diaryl/α,β-unsaturated/α-hetero) is 1. The van der Waals surface area contributed by atoms with Crippen LogP contribution in [0.3, 0.4) is 0 Å². The van der Waals surface area contributed by atoms with Crippen LogP contribution in [0.5, 0.6) is 0 Å². The molecule has 1 aliphatic rings. The summed E-state index contributed by atoms with van der Waals surface area (Å²) in [6.45, 7) is 0.177. The molecule has 0 bridgehead atoms. The van der Waals surface area contributed by atoms with E-state index in [1.165, 1.54) is 4.90 Å². The van der Waals surface area contributed by atoms with Crippen LogP contribution < -0.4 is 0 Å². The summed E-state index contributed by atoms with van der Waals surface area (Å²) in [6.07, 6.45) is 4.88. The molecule has 1 aromatic carbocycles. The molecular formula is C22H16BrN3O3. The molecule has 29 heavy (non-hydrogen) atoms. The van der Waals surface area contributed by atoms with E-state index in [0.717, 1.165) is 10.0 Å². The van der Waals surface area contributed by atoms with Gasteiger partial charge in [0.2, 0.25) is 0 Å². The number of ketones is 1. The molecule has 1 amide bonds. The lowest BCUT2D eigenvalue weighted by Gasteiger charge is -2.24. The number of hydrogen-bond acceptors (Lipinski definition) is 5. The molecule has 1 atom stereocenters. The molecule has 0 unspecified atom stereocenters. The van der Waals surface area contributed by atoms with Gasteiger partial charge in [-0.15, -0.1) is 0 Å². The third-order valence-corrected chi connectivity index (χ3v) is 5.23. The second-order valence-corrected chi connectivity index (χ2v) is 7.47. The summed E-state index contributed by atoms with van der Waals surface area (Å²) in [7, 11) is 0. The maximum Gasteiger partial charge on any atom is 0.296 e. The molecule has 3 aromatic rings. The summed E-state index contributed by atoms with van der Waals surface area (Å²) in [4.78, 5) is 35.6. The van der Waals surface area contributed by atoms with Gasteiger partial charge in [0.1, 0.15) is 11.8 Å². The number of nitrogens with zero attached hydrogens (tertiary/aromatic N) is 3. The van der Waals surface area contributed by atoms with E-state index < -0.39 is 17.7 Å². The summed E-state index contributed by atoms with van der Waals surface area (Å²) in [5.74, 6) is -1.63. The van der Waals surface area contributed by atoms with Crippen LogP contribution in [0.25, 0.3) is 5.76 Å². The molecule has 1 N–H and O–H groups in total. The number of rotatable bonds is 4. The van der Waals surface area contributed by atoms with Gasteiger partial charge in [-0.1, -0.05) is 40.2 Å². The normalized spacial score (nSPS) is 18.2. The molecule has 6 nitrogen and oxygen atoms in total. The highest BCUT2D eigenvalue weighted by atomic mass is 79.9. The number of aliphatic hydroxyl groups excluding tert-OH is 1. The highest BCUT2D eigenvalue weighted by Gasteiger charge is 2.46. The summed E-state index contributed by atoms with van der Waals surface area (Å²) < 4.78 is 0.840. The average molecular weight is 450 g/mol. The van der Waals surface area contributed by atoms with Crippen LogP contribution in [-0.2, 0) is 16.1 Å². The maximum atomic E-state index is 12.9. The van der Waals surface area contributed by atoms with E-state index in [9.17, 15) is 14.7 Å². The van der Waals surface area contributed by atoms with Crippen LogP contribution in [0.4, 0.5) is 0 Å². The quantitative estimate of drug-likeness (QED) is 0.371. The van der Waals surface area contributed by atoms with Crippen molar-refractivity contribution in [3.63, 3.8) is 0 Å². The van der Waals surface area contributed by atoms with Crippen molar-refractivity contribution < 1.29 is 14.7 Å². The number of benzene rings is 1. The van der Waals surface area contributed by atoms with E-state index in [4.69, 9.17) is 0 Å². The zero-order chi connectivity index (χ0) is 20.4. The van der Waals surface area contributed by atoms with Crippen molar-refractivity contribution in [3.8, 4) is 0 Å². The minimum Gasteiger partial charge on any atom is -0.507 e. The Balaban J connectivity index is 1.85. The molecule has 4 rings (SSSR count). The van der Waals surface area contributed by atoms with Crippen LogP contribution in [-0.4, -0.2) is 31.7 Å². The van der Waals surface area contributed by atoms with Gasteiger partial charge >= 0.3 is 0 Å². The SMILES string of the molecule is O=C1C(=O)N(Cc2cccnc2)[C@H](c2ccccn2)C1=C(O)c1ccc(Br)cc1. The molecule has 1 aliphatic heterocycles. The number of aliphatic hydroxyl groups is 1. The summed E-state index contributed by atoms with van der Waals surface area (Å²) >= 11 is 3.35. The number of aromatic nitrogens is 2. The van der Waals surface area contributed by atoms with Gasteiger partial charge in [0.25, 0.3) is 11.7 Å². The monoisotopic (exact) mass is 449 g/mol. The first-order valence-corrected chi connectivity index (χ1v) is 9.70. The van der Waals surface area contributed by atoms with Gasteiger partial charge < -0.3 is 10.0 Å². The first-order chi connectivity index (χ1) is 14.1. The van der Waals surface area contributed by atoms with Gasteiger partial charge in [-0.05, 0) is 35.9 Å². The van der Waals surface area contributed by atoms with Gasteiger partial charge in [-0.3, -0.25) is 19.6 Å². The van der Waals surface area contributed by atoms with Crippen molar-refractivity contribution in [1.29, 1.82) is 0 Å². The topological polar surface area (TPSA) is 83.4 Å². The number of carbonyl (C=O) groups is 2. The fraction of sp³-hybridized carbons (Fsp3) is 0.0909. The maximum absolute atomic E-state index is 12.9. The number of halogens is 1. The lowest BCUT2D eigenvalue weighted by Crippen LogP contribution is -2.29. The van der Waals surface area contributed by atoms with E-state index in [0.29, 0.717) is 11.3 Å². The smallest absolute Gasteiger partial charge is 0.296 e. The lowest BCUT2D eigenvalue weighted by atomic mass is 9.98. The highest BCUT2D eigenvalue weighted by Crippen LogP contribution is 2.39. The Morgan fingerprint density at radius 1 is 1.03 bits per heavy atom. The highest BCUT2D eigenvalue weighted by molar-refractivity contribution is 9.10. The third-order valence-electron chi connectivity index (χ3n) is 4.70. The molecule has 144 valence electrons. The summed E-state index contributed by atoms with van der Waals surface area (Å²) in [5, 5.41) is 10.9. The Hall–Kier alpha value is -3.32. The van der Waals surface area contributed by atoms with Crippen molar-refractivity contribution in [2.45, 2.75) is 12.6 Å². The standard InChI is InChI=1S/C22H16BrN3O3/c23-16-8-6-15(7-9-16)20(27)18-19(17-5-1-2-11-25-17)26(22(29)21(18)28)13-14-4-3-10-24-12-14/h1-12,19,27H,13H2/t19-/m1/s1. The number of hydrogen-bond donors (Lipinski definition) is 1. The van der Waals surface area contributed by atoms with E-state index in [2.05, 4.69) is 25.9 Å². The molecule has 3 heterocycles. The van der Waals surface area contributed by atoms with Crippen molar-refractivity contribution in [3.05, 3.63) is 100 Å². The number of amides is 1. The zero-order valence-corrected chi connectivity index (χ0v) is 16.8. The van der Waals surface area contributed by atoms with E-state index in [1.54, 1.807) is 67.1 Å². The first-order valence-electron chi connectivity index (χ1n) is 8.90. The van der Waals surface area contributed by atoms with Gasteiger partial charge in [-0.25, -0.2) is 0 Å². The second kappa shape index (κ2) is 7.97. The van der Waals surface area contributed by atoms with Crippen LogP contribution >= 0.6 is 15.9 Å². The molecular weight excluding hydrogens is 434 g/mol. The fourth-order valence-corrected chi connectivity index (χ4v) is 3.60. The number of likely N-dealkylation sites (tertiary alicyclic amines) is 1. The molecule has 0 spiro atoms. The molecule has 0 aliphatic carbocycles. The Kier molecular flexibility index (Phi) is 5.22. The van der Waals surface area contributed by atoms with Crippen molar-refractivity contribution in [1.82, 2.24) is 14.9 Å². The van der Waals surface area contributed by atoms with Crippen molar-refractivity contribution in [2.24, 2.45) is 0 Å². The largest absolute Gasteiger partial charge is 0.507 e. The van der Waals surface area contributed by atoms with Crippen LogP contribution in [0.2, 0.25) is 0 Å². The predicted octanol–water partition coefficient (Wildman–Crippen LogP) is 3.86. The third kappa shape index (κ3) is 3.69. The molecule has 1 saturated heterocycles. The minimum absolute atomic E-state index is 0.0277. The second-order valence-electron chi connectivity index (χ2n) is 6.55. The van der Waals surface area contributed by atoms with E-state index >= 15 is 0 Å². The summed E-state index contributed by atoms with van der Waals surface area (Å²) in [5.41, 5.74) is 1.77. The molecule has 2 aromatic heterocycles. The Morgan fingerprint density at radius 2 is 1.83 bits per heavy atom. The van der Waals surface area contributed by atoms with E-state index in [-0.39, 0.29) is 17.9 Å². The number of pyridine rings is 2. The minimum atomic E-state index is -0.792. The Morgan fingerprint density at radius 3 is 2.48 bits per heavy atom. The Labute approximate surface area is 175 Å². The van der Waals surface area contributed by atoms with Crippen LogP contribution in [0, 0.1) is 0 Å². The molecule has 0 radical (unpaired) electrons. The first kappa shape index (κ1) is 19.0. The molecule has 1 fully saturated rings. The summed E-state index contributed by atoms with van der Waals surface area (Å²) in [6, 6.07) is 15.0. The van der Waals surface area contributed by atoms with Gasteiger partial charge in [0, 0.05) is 35.2 Å². The van der Waals surface area contributed by atoms with Crippen LogP contribution in [0.1, 0.15) is 22.9 Å². The van der Waals surface area contributed by atoms with Crippen LogP contribution in [0.15, 0.2) is 83.2 Å². The molecule has 0 saturated carbocycles. The van der Waals surface area contributed by atoms with Gasteiger partial charge in [0.15, 0.2) is 0 Å². The average Bonchev–Trinajstić information content (AvgIpc) is 3.00. The predicted molar refractivity (Wildman–Crippen MR) is 110 cm³/mol. The number of carbonyl (C=O) groups excluding carboxylic acids is 2. The fourth-order valence-electron chi connectivity index (χ4n) is 3.34. The molecule has 7 heteroatoms. The zero-order valence-electron chi connectivity index (χ0n) is 15.2. The van der Waals surface area contributed by atoms with Crippen molar-refractivity contribution in [2.75, 3.05) is 0 Å². The van der Waals surface area contributed by atoms with Crippen molar-refractivity contribution >= 4 is 33.4 Å². The van der Waals surface area contributed by atoms with Gasteiger partial charge in [0.05, 0.1) is 11.3 Å². The Bertz CT molecular complexity index is 1080. The van der Waals surface area contributed by atoms with E-state index in [1.807, 2.05) is 6.07 Å². The van der Waals surface area contributed by atoms with Gasteiger partial charge in [-0.2, -0.15) is 0 Å².